The number of urea groups is 1. The number of amides is 2. The molecule has 0 saturated carbocycles. The molecule has 1 aromatic rings. The zero-order valence-corrected chi connectivity index (χ0v) is 11.4. The quantitative estimate of drug-likeness (QED) is 0.770. The molecule has 3 rings (SSSR count). The van der Waals surface area contributed by atoms with Gasteiger partial charge in [-0.25, -0.2) is 4.79 Å². The minimum Gasteiger partial charge on any atom is -0.331 e. The van der Waals surface area contributed by atoms with Gasteiger partial charge in [0.1, 0.15) is 0 Å². The summed E-state index contributed by atoms with van der Waals surface area (Å²) in [6.07, 6.45) is 6.93. The Hall–Kier alpha value is -1.51. The van der Waals surface area contributed by atoms with Crippen molar-refractivity contribution in [1.29, 1.82) is 0 Å². The number of aryl methyl sites for hydroxylation is 1. The third kappa shape index (κ3) is 2.75. The van der Waals surface area contributed by atoms with E-state index in [0.717, 1.165) is 38.8 Å². The van der Waals surface area contributed by atoms with Gasteiger partial charge in [-0.15, -0.1) is 0 Å². The molecule has 102 valence electrons. The first-order valence-corrected chi connectivity index (χ1v) is 7.48. The molecule has 0 aromatic heterocycles. The van der Waals surface area contributed by atoms with Gasteiger partial charge in [0.2, 0.25) is 0 Å². The Kier molecular flexibility index (Phi) is 3.72. The maximum atomic E-state index is 12.3. The summed E-state index contributed by atoms with van der Waals surface area (Å²) in [5.41, 5.74) is 2.74. The van der Waals surface area contributed by atoms with Crippen LogP contribution in [-0.4, -0.2) is 24.0 Å². The van der Waals surface area contributed by atoms with Crippen LogP contribution in [0.2, 0.25) is 0 Å². The molecule has 0 spiro atoms. The van der Waals surface area contributed by atoms with Crippen LogP contribution in [0.25, 0.3) is 0 Å². The van der Waals surface area contributed by atoms with Gasteiger partial charge in [0.25, 0.3) is 0 Å². The van der Waals surface area contributed by atoms with Crippen LogP contribution in [0.3, 0.4) is 0 Å². The Morgan fingerprint density at radius 1 is 1.11 bits per heavy atom. The van der Waals surface area contributed by atoms with Gasteiger partial charge in [0, 0.05) is 13.1 Å². The van der Waals surface area contributed by atoms with Crippen molar-refractivity contribution in [3.63, 3.8) is 0 Å². The Bertz CT molecular complexity index is 452. The molecule has 19 heavy (non-hydrogen) atoms. The average molecular weight is 258 g/mol. The van der Waals surface area contributed by atoms with Gasteiger partial charge in [-0.05, 0) is 43.2 Å². The molecule has 1 aromatic carbocycles. The highest BCUT2D eigenvalue weighted by atomic mass is 16.2. The summed E-state index contributed by atoms with van der Waals surface area (Å²) in [4.78, 5) is 14.2. The van der Waals surface area contributed by atoms with Crippen LogP contribution in [0, 0.1) is 0 Å². The Morgan fingerprint density at radius 2 is 1.89 bits per heavy atom. The molecule has 3 heteroatoms. The minimum atomic E-state index is 0.124. The fourth-order valence-corrected chi connectivity index (χ4v) is 3.23. The Labute approximate surface area is 115 Å². The van der Waals surface area contributed by atoms with Crippen LogP contribution in [0.15, 0.2) is 24.3 Å². The van der Waals surface area contributed by atoms with Crippen molar-refractivity contribution in [2.45, 2.75) is 44.6 Å². The molecular formula is C16H22N2O. The van der Waals surface area contributed by atoms with E-state index in [-0.39, 0.29) is 12.1 Å². The van der Waals surface area contributed by atoms with Crippen molar-refractivity contribution in [2.75, 3.05) is 13.1 Å². The van der Waals surface area contributed by atoms with Gasteiger partial charge in [0.05, 0.1) is 6.04 Å². The number of benzene rings is 1. The third-order valence-electron chi connectivity index (χ3n) is 4.31. The lowest BCUT2D eigenvalue weighted by Crippen LogP contribution is -2.40. The number of likely N-dealkylation sites (tertiary alicyclic amines) is 1. The fourth-order valence-electron chi connectivity index (χ4n) is 3.23. The first kappa shape index (κ1) is 12.5. The number of fused-ring (bicyclic) bond motifs is 1. The summed E-state index contributed by atoms with van der Waals surface area (Å²) in [6.45, 7) is 1.83. The van der Waals surface area contributed by atoms with Gasteiger partial charge in [0.15, 0.2) is 0 Å². The maximum absolute atomic E-state index is 12.3. The molecule has 1 unspecified atom stereocenters. The first-order chi connectivity index (χ1) is 9.34. The number of hydrogen-bond donors (Lipinski definition) is 1. The zero-order chi connectivity index (χ0) is 13.1. The lowest BCUT2D eigenvalue weighted by Gasteiger charge is -2.23. The van der Waals surface area contributed by atoms with Crippen molar-refractivity contribution in [2.24, 2.45) is 0 Å². The molecular weight excluding hydrogens is 236 g/mol. The first-order valence-electron chi connectivity index (χ1n) is 7.48. The molecule has 2 aliphatic rings. The summed E-state index contributed by atoms with van der Waals surface area (Å²) >= 11 is 0. The topological polar surface area (TPSA) is 32.3 Å². The lowest BCUT2D eigenvalue weighted by atomic mass is 9.99. The molecule has 0 radical (unpaired) electrons. The average Bonchev–Trinajstić information content (AvgIpc) is 2.90. The smallest absolute Gasteiger partial charge is 0.317 e. The number of nitrogens with zero attached hydrogens (tertiary/aromatic N) is 1. The van der Waals surface area contributed by atoms with Gasteiger partial charge in [-0.3, -0.25) is 0 Å². The van der Waals surface area contributed by atoms with E-state index < -0.39 is 0 Å². The highest BCUT2D eigenvalue weighted by molar-refractivity contribution is 5.75. The highest BCUT2D eigenvalue weighted by Crippen LogP contribution is 2.28. The van der Waals surface area contributed by atoms with Crippen molar-refractivity contribution < 1.29 is 4.79 Å². The van der Waals surface area contributed by atoms with E-state index in [1.54, 1.807) is 0 Å². The van der Waals surface area contributed by atoms with Crippen LogP contribution in [0.1, 0.15) is 49.3 Å². The molecule has 0 bridgehead atoms. The summed E-state index contributed by atoms with van der Waals surface area (Å²) < 4.78 is 0. The van der Waals surface area contributed by atoms with Crippen molar-refractivity contribution in [1.82, 2.24) is 10.2 Å². The molecule has 2 amide bonds. The van der Waals surface area contributed by atoms with E-state index in [2.05, 4.69) is 29.6 Å². The molecule has 3 nitrogen and oxygen atoms in total. The van der Waals surface area contributed by atoms with Gasteiger partial charge in [-0.1, -0.05) is 30.7 Å². The number of rotatable bonds is 1. The van der Waals surface area contributed by atoms with E-state index in [4.69, 9.17) is 0 Å². The largest absolute Gasteiger partial charge is 0.331 e. The second kappa shape index (κ2) is 5.64. The molecule has 1 fully saturated rings. The van der Waals surface area contributed by atoms with Crippen molar-refractivity contribution in [3.05, 3.63) is 35.4 Å². The van der Waals surface area contributed by atoms with Gasteiger partial charge in [-0.2, -0.15) is 0 Å². The Morgan fingerprint density at radius 3 is 2.74 bits per heavy atom. The van der Waals surface area contributed by atoms with Crippen LogP contribution >= 0.6 is 0 Å². The monoisotopic (exact) mass is 258 g/mol. The zero-order valence-electron chi connectivity index (χ0n) is 11.4. The van der Waals surface area contributed by atoms with Crippen LogP contribution in [0.4, 0.5) is 4.79 Å². The van der Waals surface area contributed by atoms with E-state index >= 15 is 0 Å². The van der Waals surface area contributed by atoms with E-state index in [1.807, 2.05) is 4.90 Å². The van der Waals surface area contributed by atoms with E-state index in [1.165, 1.54) is 24.0 Å². The second-order valence-electron chi connectivity index (χ2n) is 5.64. The third-order valence-corrected chi connectivity index (χ3v) is 4.31. The predicted octanol–water partition coefficient (Wildman–Crippen LogP) is 3.26. The number of nitrogens with one attached hydrogen (secondary N) is 1. The fraction of sp³-hybridized carbons (Fsp3) is 0.562. The summed E-state index contributed by atoms with van der Waals surface area (Å²) in [7, 11) is 0. The molecule has 1 saturated heterocycles. The summed E-state index contributed by atoms with van der Waals surface area (Å²) in [6, 6.07) is 8.89. The SMILES string of the molecule is O=C(NC1CCCCc2ccccc21)N1CCCC1. The van der Waals surface area contributed by atoms with Crippen molar-refractivity contribution >= 4 is 6.03 Å². The molecule has 1 aliphatic carbocycles. The number of carbonyl (C=O) groups excluding carboxylic acids is 1. The van der Waals surface area contributed by atoms with Crippen LogP contribution in [-0.2, 0) is 6.42 Å². The van der Waals surface area contributed by atoms with Gasteiger partial charge >= 0.3 is 6.03 Å². The normalized spacial score (nSPS) is 22.7. The van der Waals surface area contributed by atoms with E-state index in [0.29, 0.717) is 0 Å². The lowest BCUT2D eigenvalue weighted by molar-refractivity contribution is 0.204. The second-order valence-corrected chi connectivity index (χ2v) is 5.64. The Balaban J connectivity index is 1.74. The predicted molar refractivity (Wildman–Crippen MR) is 76.1 cm³/mol. The van der Waals surface area contributed by atoms with Crippen LogP contribution < -0.4 is 5.32 Å². The standard InChI is InChI=1S/C16H22N2O/c19-16(18-11-5-6-12-18)17-15-10-4-2-8-13-7-1-3-9-14(13)15/h1,3,7,9,15H,2,4-6,8,10-12H2,(H,17,19). The van der Waals surface area contributed by atoms with Crippen LogP contribution in [0.5, 0.6) is 0 Å². The van der Waals surface area contributed by atoms with Gasteiger partial charge < -0.3 is 10.2 Å². The van der Waals surface area contributed by atoms with E-state index in [9.17, 15) is 4.79 Å². The maximum Gasteiger partial charge on any atom is 0.317 e. The summed E-state index contributed by atoms with van der Waals surface area (Å²) in [5, 5.41) is 3.24. The van der Waals surface area contributed by atoms with Crippen molar-refractivity contribution in [3.8, 4) is 0 Å². The number of carbonyl (C=O) groups is 1. The molecule has 1 N–H and O–H groups in total. The summed E-state index contributed by atoms with van der Waals surface area (Å²) in [5.74, 6) is 0. The number of hydrogen-bond acceptors (Lipinski definition) is 1. The molecule has 1 atom stereocenters. The minimum absolute atomic E-state index is 0.124. The molecule has 1 heterocycles. The molecule has 1 aliphatic heterocycles. The highest BCUT2D eigenvalue weighted by Gasteiger charge is 2.24.